The van der Waals surface area contributed by atoms with Crippen LogP contribution >= 0.6 is 0 Å². The highest BCUT2D eigenvalue weighted by Crippen LogP contribution is 2.26. The third-order valence-corrected chi connectivity index (χ3v) is 6.11. The highest BCUT2D eigenvalue weighted by atomic mass is 16.6. The van der Waals surface area contributed by atoms with Crippen LogP contribution in [0.5, 0.6) is 0 Å². The van der Waals surface area contributed by atoms with E-state index in [2.05, 4.69) is 32.9 Å². The minimum Gasteiger partial charge on any atom is -0.504 e. The van der Waals surface area contributed by atoms with Crippen molar-refractivity contribution in [2.24, 2.45) is 5.92 Å². The van der Waals surface area contributed by atoms with Crippen LogP contribution < -0.4 is 0 Å². The van der Waals surface area contributed by atoms with Crippen molar-refractivity contribution in [2.45, 2.75) is 72.6 Å². The van der Waals surface area contributed by atoms with Gasteiger partial charge in [0, 0.05) is 12.6 Å². The van der Waals surface area contributed by atoms with Crippen molar-refractivity contribution in [3.63, 3.8) is 0 Å². The van der Waals surface area contributed by atoms with Crippen molar-refractivity contribution in [3.8, 4) is 0 Å². The molecule has 186 valence electrons. The van der Waals surface area contributed by atoms with Crippen LogP contribution in [0.15, 0.2) is 58.1 Å². The predicted molar refractivity (Wildman–Crippen MR) is 131 cm³/mol. The second-order valence-corrected chi connectivity index (χ2v) is 9.33. The van der Waals surface area contributed by atoms with Crippen LogP contribution in [0.3, 0.4) is 0 Å². The van der Waals surface area contributed by atoms with Crippen LogP contribution in [0.25, 0.3) is 0 Å². The lowest BCUT2D eigenvalue weighted by atomic mass is 9.99. The minimum absolute atomic E-state index is 0.0510. The Bertz CT molecular complexity index is 950. The Balaban J connectivity index is 1.64. The van der Waals surface area contributed by atoms with E-state index in [0.717, 1.165) is 50.5 Å². The number of hydrogen-bond acceptors (Lipinski definition) is 5. The second kappa shape index (κ2) is 13.0. The number of rotatable bonds is 13. The van der Waals surface area contributed by atoms with Gasteiger partial charge in [0.2, 0.25) is 5.91 Å². The van der Waals surface area contributed by atoms with Crippen molar-refractivity contribution >= 4 is 17.8 Å². The molecule has 0 aromatic rings. The number of hydrogen-bond donors (Lipinski definition) is 2. The summed E-state index contributed by atoms with van der Waals surface area (Å²) < 4.78 is 5.08. The lowest BCUT2D eigenvalue weighted by molar-refractivity contribution is -0.142. The Morgan fingerprint density at radius 3 is 2.50 bits per heavy atom. The topological polar surface area (TPSA) is 104 Å². The molecule has 1 amide bonds. The molecule has 1 atom stereocenters. The summed E-state index contributed by atoms with van der Waals surface area (Å²) in [5, 5.41) is 18.7. The van der Waals surface area contributed by atoms with Gasteiger partial charge < -0.3 is 19.8 Å². The third kappa shape index (κ3) is 8.69. The Hall–Kier alpha value is -3.09. The summed E-state index contributed by atoms with van der Waals surface area (Å²) in [5.41, 5.74) is 3.91. The number of carboxylic acid groups (broad SMARTS) is 1. The van der Waals surface area contributed by atoms with Gasteiger partial charge >= 0.3 is 11.9 Å². The molecular weight excluding hydrogens is 434 g/mol. The predicted octanol–water partition coefficient (Wildman–Crippen LogP) is 5.37. The number of aliphatic carboxylic acids is 1. The van der Waals surface area contributed by atoms with Crippen LogP contribution in [0, 0.1) is 5.92 Å². The molecule has 2 rings (SSSR count). The molecular formula is C27H37NO6. The first-order valence-electron chi connectivity index (χ1n) is 11.9. The van der Waals surface area contributed by atoms with Crippen LogP contribution in [-0.2, 0) is 19.1 Å². The van der Waals surface area contributed by atoms with Gasteiger partial charge in [0.05, 0.1) is 5.57 Å². The molecule has 0 saturated carbocycles. The van der Waals surface area contributed by atoms with Gasteiger partial charge in [0.15, 0.2) is 11.5 Å². The second-order valence-electron chi connectivity index (χ2n) is 9.33. The zero-order valence-electron chi connectivity index (χ0n) is 20.7. The zero-order valence-corrected chi connectivity index (χ0v) is 20.7. The van der Waals surface area contributed by atoms with Crippen molar-refractivity contribution < 1.29 is 29.3 Å². The summed E-state index contributed by atoms with van der Waals surface area (Å²) in [6.45, 7) is 8.04. The van der Waals surface area contributed by atoms with E-state index < -0.39 is 11.9 Å². The monoisotopic (exact) mass is 471 g/mol. The van der Waals surface area contributed by atoms with Gasteiger partial charge in [-0.25, -0.2) is 4.79 Å². The van der Waals surface area contributed by atoms with Gasteiger partial charge in [-0.1, -0.05) is 30.2 Å². The highest BCUT2D eigenvalue weighted by molar-refractivity contribution is 5.93. The van der Waals surface area contributed by atoms with Gasteiger partial charge in [-0.2, -0.15) is 0 Å². The smallest absolute Gasteiger partial charge is 0.343 e. The average Bonchev–Trinajstić information content (AvgIpc) is 3.21. The molecule has 0 bridgehead atoms. The molecule has 0 aromatic heterocycles. The van der Waals surface area contributed by atoms with Crippen LogP contribution in [0.4, 0.5) is 0 Å². The summed E-state index contributed by atoms with van der Waals surface area (Å²) in [7, 11) is 0. The molecule has 0 aromatic carbocycles. The number of esters is 1. The molecule has 1 unspecified atom stereocenters. The molecule has 7 nitrogen and oxygen atoms in total. The number of carbonyl (C=O) groups is 3. The maximum absolute atomic E-state index is 11.8. The van der Waals surface area contributed by atoms with E-state index >= 15 is 0 Å². The number of ether oxygens (including phenoxy) is 1. The lowest BCUT2D eigenvalue weighted by Crippen LogP contribution is -2.31. The Labute approximate surface area is 202 Å². The number of aliphatic hydroxyl groups is 1. The van der Waals surface area contributed by atoms with Gasteiger partial charge in [-0.3, -0.25) is 9.59 Å². The van der Waals surface area contributed by atoms with E-state index in [1.807, 2.05) is 6.08 Å². The van der Waals surface area contributed by atoms with Crippen molar-refractivity contribution in [3.05, 3.63) is 58.1 Å². The molecule has 0 fully saturated rings. The molecule has 2 heterocycles. The average molecular weight is 472 g/mol. The van der Waals surface area contributed by atoms with E-state index in [1.54, 1.807) is 13.0 Å². The minimum atomic E-state index is -0.988. The summed E-state index contributed by atoms with van der Waals surface area (Å²) >= 11 is 0. The first-order chi connectivity index (χ1) is 16.1. The molecule has 0 aliphatic carbocycles. The fourth-order valence-electron chi connectivity index (χ4n) is 4.00. The number of nitrogens with zero attached hydrogens (tertiary/aromatic N) is 1. The molecule has 7 heteroatoms. The standard InChI is InChI=1S/C27H37NO6/c1-18(10-6-12-20(3)14-23-26(32)21(4)27(33)34-23)8-5-9-19(2)11-7-13-22-15-24(29)28(16-22)17-25(30)31/h8,11,14-15,20,32H,5-7,9-10,12-13,16-17H2,1-4H3,(H,30,31). The van der Waals surface area contributed by atoms with Gasteiger partial charge in [0.1, 0.15) is 6.54 Å². The van der Waals surface area contributed by atoms with Gasteiger partial charge in [0.25, 0.3) is 0 Å². The first kappa shape index (κ1) is 27.2. The molecule has 2 N–H and O–H groups in total. The maximum atomic E-state index is 11.8. The third-order valence-electron chi connectivity index (χ3n) is 6.11. The zero-order chi connectivity index (χ0) is 25.3. The largest absolute Gasteiger partial charge is 0.504 e. The number of carboxylic acids is 1. The normalized spacial score (nSPS) is 19.2. The Morgan fingerprint density at radius 1 is 1.18 bits per heavy atom. The molecule has 34 heavy (non-hydrogen) atoms. The van der Waals surface area contributed by atoms with Crippen molar-refractivity contribution in [1.82, 2.24) is 4.90 Å². The van der Waals surface area contributed by atoms with E-state index in [1.165, 1.54) is 16.0 Å². The van der Waals surface area contributed by atoms with Crippen LogP contribution in [0.1, 0.15) is 72.6 Å². The van der Waals surface area contributed by atoms with Gasteiger partial charge in [-0.05, 0) is 83.3 Å². The van der Waals surface area contributed by atoms with Crippen LogP contribution in [0.2, 0.25) is 0 Å². The summed E-state index contributed by atoms with van der Waals surface area (Å²) in [5.74, 6) is -1.25. The van der Waals surface area contributed by atoms with Crippen LogP contribution in [-0.4, -0.2) is 46.0 Å². The van der Waals surface area contributed by atoms with E-state index in [0.29, 0.717) is 6.54 Å². The maximum Gasteiger partial charge on any atom is 0.343 e. The fraction of sp³-hybridized carbons (Fsp3) is 0.519. The summed E-state index contributed by atoms with van der Waals surface area (Å²) in [4.78, 5) is 35.4. The Morgan fingerprint density at radius 2 is 1.85 bits per heavy atom. The highest BCUT2D eigenvalue weighted by Gasteiger charge is 2.26. The summed E-state index contributed by atoms with van der Waals surface area (Å²) in [6, 6.07) is 0. The van der Waals surface area contributed by atoms with E-state index in [-0.39, 0.29) is 35.5 Å². The summed E-state index contributed by atoms with van der Waals surface area (Å²) in [6.07, 6.45) is 14.4. The fourth-order valence-corrected chi connectivity index (χ4v) is 4.00. The van der Waals surface area contributed by atoms with Crippen molar-refractivity contribution in [1.29, 1.82) is 0 Å². The number of amides is 1. The SMILES string of the molecule is CC(=CCCC1=CC(=O)N(CC(=O)O)C1)CCC=C(C)CCCC(C)C=C1OC(=O)C(C)=C1O. The number of cyclic esters (lactones) is 1. The Kier molecular flexibility index (Phi) is 10.4. The quantitative estimate of drug-likeness (QED) is 0.276. The molecule has 0 saturated heterocycles. The molecule has 0 spiro atoms. The number of aliphatic hydroxyl groups excluding tert-OH is 1. The number of carbonyl (C=O) groups excluding carboxylic acids is 2. The number of allylic oxidation sites excluding steroid dienone is 5. The van der Waals surface area contributed by atoms with Crippen molar-refractivity contribution in [2.75, 3.05) is 13.1 Å². The first-order valence-corrected chi connectivity index (χ1v) is 11.9. The van der Waals surface area contributed by atoms with E-state index in [4.69, 9.17) is 9.84 Å². The van der Waals surface area contributed by atoms with Gasteiger partial charge in [-0.15, -0.1) is 0 Å². The molecule has 2 aliphatic heterocycles. The lowest BCUT2D eigenvalue weighted by Gasteiger charge is -2.13. The van der Waals surface area contributed by atoms with E-state index in [9.17, 15) is 19.5 Å². The molecule has 0 radical (unpaired) electrons. The molecule has 2 aliphatic rings.